The van der Waals surface area contributed by atoms with Gasteiger partial charge in [0, 0.05) is 23.5 Å². The number of hydrogen-bond donors (Lipinski definition) is 2. The Morgan fingerprint density at radius 2 is 2.00 bits per heavy atom. The maximum absolute atomic E-state index is 5.91. The molecule has 1 saturated carbocycles. The maximum Gasteiger partial charge on any atom is 0.139 e. The van der Waals surface area contributed by atoms with Crippen molar-refractivity contribution in [3.8, 4) is 11.6 Å². The molecular weight excluding hydrogens is 398 g/mol. The molecule has 2 atom stereocenters. The van der Waals surface area contributed by atoms with Crippen LogP contribution in [0.3, 0.4) is 0 Å². The SMILES string of the molecule is CNC1CCNC(c2ccc3nc(-n4cnc5cc(OCC6CC6)ccc54)ccc3c2)C1. The van der Waals surface area contributed by atoms with Crippen LogP contribution < -0.4 is 15.4 Å². The summed E-state index contributed by atoms with van der Waals surface area (Å²) in [7, 11) is 2.06. The van der Waals surface area contributed by atoms with Crippen LogP contribution in [-0.4, -0.2) is 40.8 Å². The lowest BCUT2D eigenvalue weighted by atomic mass is 9.93. The van der Waals surface area contributed by atoms with Gasteiger partial charge in [0.05, 0.1) is 23.2 Å². The molecule has 3 heterocycles. The first-order chi connectivity index (χ1) is 15.8. The molecule has 164 valence electrons. The van der Waals surface area contributed by atoms with Gasteiger partial charge >= 0.3 is 0 Å². The number of benzene rings is 2. The van der Waals surface area contributed by atoms with E-state index in [2.05, 4.69) is 59.1 Å². The highest BCUT2D eigenvalue weighted by Gasteiger charge is 2.23. The van der Waals surface area contributed by atoms with Crippen LogP contribution in [-0.2, 0) is 0 Å². The van der Waals surface area contributed by atoms with E-state index >= 15 is 0 Å². The van der Waals surface area contributed by atoms with Gasteiger partial charge < -0.3 is 15.4 Å². The predicted octanol–water partition coefficient (Wildman–Crippen LogP) is 4.38. The van der Waals surface area contributed by atoms with Gasteiger partial charge in [-0.1, -0.05) is 6.07 Å². The van der Waals surface area contributed by atoms with Gasteiger partial charge in [-0.15, -0.1) is 0 Å². The second-order valence-corrected chi connectivity index (χ2v) is 9.16. The van der Waals surface area contributed by atoms with E-state index < -0.39 is 0 Å². The average Bonchev–Trinajstić information content (AvgIpc) is 3.59. The van der Waals surface area contributed by atoms with Crippen LogP contribution in [0, 0.1) is 5.92 Å². The summed E-state index contributed by atoms with van der Waals surface area (Å²) < 4.78 is 7.96. The lowest BCUT2D eigenvalue weighted by Crippen LogP contribution is -2.40. The predicted molar refractivity (Wildman–Crippen MR) is 127 cm³/mol. The van der Waals surface area contributed by atoms with Crippen molar-refractivity contribution in [2.24, 2.45) is 5.92 Å². The average molecular weight is 428 g/mol. The Balaban J connectivity index is 1.27. The second-order valence-electron chi connectivity index (χ2n) is 9.16. The molecule has 2 aliphatic rings. The van der Waals surface area contributed by atoms with Gasteiger partial charge in [-0.05, 0) is 87.2 Å². The second kappa shape index (κ2) is 8.19. The highest BCUT2D eigenvalue weighted by Crippen LogP contribution is 2.31. The fraction of sp³-hybridized carbons (Fsp3) is 0.385. The number of imidazole rings is 1. The van der Waals surface area contributed by atoms with Crippen molar-refractivity contribution in [3.63, 3.8) is 0 Å². The van der Waals surface area contributed by atoms with Crippen LogP contribution in [0.2, 0.25) is 0 Å². The molecule has 2 aromatic heterocycles. The van der Waals surface area contributed by atoms with Gasteiger partial charge in [0.2, 0.25) is 0 Å². The van der Waals surface area contributed by atoms with Crippen LogP contribution >= 0.6 is 0 Å². The number of pyridine rings is 1. The molecule has 1 aliphatic carbocycles. The van der Waals surface area contributed by atoms with Crippen LogP contribution in [0.5, 0.6) is 5.75 Å². The third-order valence-corrected chi connectivity index (χ3v) is 6.86. The molecular formula is C26H29N5O. The molecule has 6 rings (SSSR count). The third-order valence-electron chi connectivity index (χ3n) is 6.86. The molecule has 0 bridgehead atoms. The minimum absolute atomic E-state index is 0.388. The molecule has 6 nitrogen and oxygen atoms in total. The smallest absolute Gasteiger partial charge is 0.139 e. The van der Waals surface area contributed by atoms with E-state index in [1.54, 1.807) is 0 Å². The highest BCUT2D eigenvalue weighted by molar-refractivity contribution is 5.82. The molecule has 2 aromatic carbocycles. The molecule has 2 fully saturated rings. The molecule has 6 heteroatoms. The molecule has 32 heavy (non-hydrogen) atoms. The molecule has 2 N–H and O–H groups in total. The van der Waals surface area contributed by atoms with E-state index in [-0.39, 0.29) is 0 Å². The summed E-state index contributed by atoms with van der Waals surface area (Å²) in [5.41, 5.74) is 4.30. The van der Waals surface area contributed by atoms with Gasteiger partial charge in [0.1, 0.15) is 17.9 Å². The largest absolute Gasteiger partial charge is 0.493 e. The Morgan fingerprint density at radius 3 is 2.88 bits per heavy atom. The van der Waals surface area contributed by atoms with Crippen molar-refractivity contribution in [3.05, 3.63) is 60.4 Å². The minimum atomic E-state index is 0.388. The molecule has 1 saturated heterocycles. The van der Waals surface area contributed by atoms with Crippen molar-refractivity contribution in [1.82, 2.24) is 25.2 Å². The first-order valence-electron chi connectivity index (χ1n) is 11.7. The topological polar surface area (TPSA) is 64.0 Å². The number of fused-ring (bicyclic) bond motifs is 2. The number of aromatic nitrogens is 3. The number of nitrogens with zero attached hydrogens (tertiary/aromatic N) is 3. The molecule has 2 unspecified atom stereocenters. The van der Waals surface area contributed by atoms with E-state index in [1.807, 2.05) is 23.0 Å². The summed E-state index contributed by atoms with van der Waals surface area (Å²) in [5, 5.41) is 8.25. The lowest BCUT2D eigenvalue weighted by molar-refractivity contribution is 0.300. The Labute approximate surface area is 188 Å². The van der Waals surface area contributed by atoms with Gasteiger partial charge in [0.25, 0.3) is 0 Å². The van der Waals surface area contributed by atoms with Gasteiger partial charge in [-0.3, -0.25) is 4.57 Å². The summed E-state index contributed by atoms with van der Waals surface area (Å²) in [6.45, 7) is 1.86. The molecule has 0 radical (unpaired) electrons. The quantitative estimate of drug-likeness (QED) is 0.478. The fourth-order valence-corrected chi connectivity index (χ4v) is 4.68. The third kappa shape index (κ3) is 3.85. The number of nitrogens with one attached hydrogen (secondary N) is 2. The summed E-state index contributed by atoms with van der Waals surface area (Å²) in [5.74, 6) is 2.51. The number of hydrogen-bond acceptors (Lipinski definition) is 5. The van der Waals surface area contributed by atoms with Crippen LogP contribution in [0.25, 0.3) is 27.8 Å². The van der Waals surface area contributed by atoms with Crippen molar-refractivity contribution in [2.45, 2.75) is 37.8 Å². The molecule has 1 aliphatic heterocycles. The Kier molecular flexibility index (Phi) is 5.04. The van der Waals surface area contributed by atoms with Crippen LogP contribution in [0.15, 0.2) is 54.9 Å². The van der Waals surface area contributed by atoms with Gasteiger partial charge in [-0.25, -0.2) is 9.97 Å². The molecule has 0 amide bonds. The fourth-order valence-electron chi connectivity index (χ4n) is 4.68. The van der Waals surface area contributed by atoms with Crippen molar-refractivity contribution in [2.75, 3.05) is 20.2 Å². The van der Waals surface area contributed by atoms with E-state index in [0.717, 1.165) is 53.6 Å². The number of piperidine rings is 1. The zero-order valence-corrected chi connectivity index (χ0v) is 18.4. The van der Waals surface area contributed by atoms with Crippen molar-refractivity contribution in [1.29, 1.82) is 0 Å². The lowest BCUT2D eigenvalue weighted by Gasteiger charge is -2.30. The maximum atomic E-state index is 5.91. The molecule has 0 spiro atoms. The number of rotatable bonds is 6. The monoisotopic (exact) mass is 427 g/mol. The normalized spacial score (nSPS) is 21.3. The van der Waals surface area contributed by atoms with E-state index in [1.165, 1.54) is 30.2 Å². The number of ether oxygens (including phenoxy) is 1. The Morgan fingerprint density at radius 1 is 1.06 bits per heavy atom. The summed E-state index contributed by atoms with van der Waals surface area (Å²) in [4.78, 5) is 9.53. The highest BCUT2D eigenvalue weighted by atomic mass is 16.5. The summed E-state index contributed by atoms with van der Waals surface area (Å²) in [6, 6.07) is 18.0. The van der Waals surface area contributed by atoms with Crippen molar-refractivity contribution < 1.29 is 4.74 Å². The minimum Gasteiger partial charge on any atom is -0.493 e. The summed E-state index contributed by atoms with van der Waals surface area (Å²) in [6.07, 6.45) is 6.72. The van der Waals surface area contributed by atoms with Crippen LogP contribution in [0.1, 0.15) is 37.3 Å². The van der Waals surface area contributed by atoms with E-state index in [4.69, 9.17) is 9.72 Å². The first-order valence-corrected chi connectivity index (χ1v) is 11.7. The van der Waals surface area contributed by atoms with E-state index in [9.17, 15) is 0 Å². The molecule has 4 aromatic rings. The van der Waals surface area contributed by atoms with E-state index in [0.29, 0.717) is 12.1 Å². The standard InChI is InChI=1S/C26H29N5O/c1-27-20-10-11-28-23(13-20)19-4-7-22-18(12-19)5-9-26(30-22)31-16-29-24-14-21(6-8-25(24)31)32-15-17-2-3-17/h4-9,12,14,16-17,20,23,27-28H,2-3,10-11,13,15H2,1H3. The van der Waals surface area contributed by atoms with Gasteiger partial charge in [-0.2, -0.15) is 0 Å². The Hall–Kier alpha value is -2.96. The summed E-state index contributed by atoms with van der Waals surface area (Å²) >= 11 is 0. The first kappa shape index (κ1) is 19.7. The van der Waals surface area contributed by atoms with Crippen LogP contribution in [0.4, 0.5) is 0 Å². The van der Waals surface area contributed by atoms with Gasteiger partial charge in [0.15, 0.2) is 0 Å². The zero-order chi connectivity index (χ0) is 21.5. The van der Waals surface area contributed by atoms with Crippen molar-refractivity contribution >= 4 is 21.9 Å². The Bertz CT molecular complexity index is 1260. The zero-order valence-electron chi connectivity index (χ0n) is 18.4.